The summed E-state index contributed by atoms with van der Waals surface area (Å²) >= 11 is 0. The molecule has 2 aliphatic rings. The van der Waals surface area contributed by atoms with Gasteiger partial charge in [0.2, 0.25) is 5.91 Å². The van der Waals surface area contributed by atoms with Gasteiger partial charge in [-0.3, -0.25) is 9.59 Å². The molecular formula is C21H23FN2O3. The summed E-state index contributed by atoms with van der Waals surface area (Å²) in [4.78, 5) is 29.2. The van der Waals surface area contributed by atoms with E-state index in [1.165, 1.54) is 18.4 Å². The van der Waals surface area contributed by atoms with Gasteiger partial charge in [0.25, 0.3) is 5.91 Å². The molecule has 27 heavy (non-hydrogen) atoms. The van der Waals surface area contributed by atoms with E-state index in [4.69, 9.17) is 4.42 Å². The Morgan fingerprint density at radius 1 is 1.00 bits per heavy atom. The highest BCUT2D eigenvalue weighted by Crippen LogP contribution is 2.34. The van der Waals surface area contributed by atoms with Crippen LogP contribution in [0.3, 0.4) is 0 Å². The van der Waals surface area contributed by atoms with Gasteiger partial charge in [0.15, 0.2) is 5.76 Å². The van der Waals surface area contributed by atoms with Gasteiger partial charge >= 0.3 is 0 Å². The third-order valence-electron chi connectivity index (χ3n) is 5.65. The van der Waals surface area contributed by atoms with Crippen LogP contribution in [0.4, 0.5) is 4.39 Å². The van der Waals surface area contributed by atoms with Gasteiger partial charge in [0, 0.05) is 25.6 Å². The molecule has 0 saturated carbocycles. The van der Waals surface area contributed by atoms with E-state index in [0.29, 0.717) is 31.7 Å². The van der Waals surface area contributed by atoms with Gasteiger partial charge in [0.1, 0.15) is 5.82 Å². The summed E-state index contributed by atoms with van der Waals surface area (Å²) in [6, 6.07) is 9.85. The Bertz CT molecular complexity index is 795. The minimum Gasteiger partial charge on any atom is -0.459 e. The number of hydrogen-bond acceptors (Lipinski definition) is 3. The van der Waals surface area contributed by atoms with Gasteiger partial charge in [-0.2, -0.15) is 0 Å². The molecule has 0 N–H and O–H groups in total. The Labute approximate surface area is 157 Å². The standard InChI is InChI=1S/C21H23FN2O3/c22-17-7-5-15(6-8-17)18-3-1-11-24(18)20(25)16-9-12-23(13-10-16)21(26)19-4-2-14-27-19/h2,4-8,14,16,18H,1,3,9-13H2. The summed E-state index contributed by atoms with van der Waals surface area (Å²) in [6.07, 6.45) is 4.69. The van der Waals surface area contributed by atoms with E-state index in [0.717, 1.165) is 24.9 Å². The first-order valence-corrected chi connectivity index (χ1v) is 9.52. The van der Waals surface area contributed by atoms with Crippen LogP contribution in [0.1, 0.15) is 47.8 Å². The quantitative estimate of drug-likeness (QED) is 0.829. The van der Waals surface area contributed by atoms with Crippen molar-refractivity contribution in [2.24, 2.45) is 5.92 Å². The smallest absolute Gasteiger partial charge is 0.289 e. The van der Waals surface area contributed by atoms with Crippen molar-refractivity contribution in [1.29, 1.82) is 0 Å². The molecule has 2 fully saturated rings. The van der Waals surface area contributed by atoms with Gasteiger partial charge < -0.3 is 14.2 Å². The van der Waals surface area contributed by atoms with E-state index in [2.05, 4.69) is 0 Å². The highest BCUT2D eigenvalue weighted by atomic mass is 19.1. The highest BCUT2D eigenvalue weighted by Gasteiger charge is 2.36. The minimum absolute atomic E-state index is 0.0286. The maximum atomic E-state index is 13.2. The van der Waals surface area contributed by atoms with Crippen molar-refractivity contribution in [3.63, 3.8) is 0 Å². The van der Waals surface area contributed by atoms with Crippen LogP contribution in [0.5, 0.6) is 0 Å². The molecule has 1 unspecified atom stereocenters. The Hall–Kier alpha value is -2.63. The Kier molecular flexibility index (Phi) is 4.97. The van der Waals surface area contributed by atoms with Crippen molar-refractivity contribution in [3.8, 4) is 0 Å². The molecule has 2 aromatic rings. The lowest BCUT2D eigenvalue weighted by molar-refractivity contribution is -0.137. The van der Waals surface area contributed by atoms with Crippen LogP contribution < -0.4 is 0 Å². The third kappa shape index (κ3) is 3.61. The third-order valence-corrected chi connectivity index (χ3v) is 5.65. The summed E-state index contributed by atoms with van der Waals surface area (Å²) in [5, 5.41) is 0. The second-order valence-corrected chi connectivity index (χ2v) is 7.28. The summed E-state index contributed by atoms with van der Waals surface area (Å²) < 4.78 is 18.4. The molecule has 1 atom stereocenters. The average molecular weight is 370 g/mol. The SMILES string of the molecule is O=C(c1ccco1)N1CCC(C(=O)N2CCCC2c2ccc(F)cc2)CC1. The van der Waals surface area contributed by atoms with Gasteiger partial charge in [-0.15, -0.1) is 0 Å². The minimum atomic E-state index is -0.261. The molecule has 0 aliphatic carbocycles. The first-order valence-electron chi connectivity index (χ1n) is 9.52. The number of furan rings is 1. The molecule has 2 aliphatic heterocycles. The molecular weight excluding hydrogens is 347 g/mol. The Morgan fingerprint density at radius 3 is 2.41 bits per heavy atom. The van der Waals surface area contributed by atoms with E-state index in [9.17, 15) is 14.0 Å². The monoisotopic (exact) mass is 370 g/mol. The van der Waals surface area contributed by atoms with E-state index < -0.39 is 0 Å². The Balaban J connectivity index is 1.38. The number of carbonyl (C=O) groups is 2. The molecule has 5 nitrogen and oxygen atoms in total. The van der Waals surface area contributed by atoms with Gasteiger partial charge in [-0.25, -0.2) is 4.39 Å². The van der Waals surface area contributed by atoms with Crippen LogP contribution in [0.15, 0.2) is 47.1 Å². The normalized spacial score (nSPS) is 20.9. The first kappa shape index (κ1) is 17.8. The van der Waals surface area contributed by atoms with Gasteiger partial charge in [0.05, 0.1) is 12.3 Å². The molecule has 2 saturated heterocycles. The van der Waals surface area contributed by atoms with Crippen LogP contribution in [-0.4, -0.2) is 41.2 Å². The molecule has 142 valence electrons. The maximum Gasteiger partial charge on any atom is 0.289 e. The van der Waals surface area contributed by atoms with Crippen LogP contribution in [0.25, 0.3) is 0 Å². The number of benzene rings is 1. The molecule has 0 spiro atoms. The van der Waals surface area contributed by atoms with Crippen molar-refractivity contribution in [2.45, 2.75) is 31.7 Å². The molecule has 4 rings (SSSR count). The molecule has 0 radical (unpaired) electrons. The zero-order valence-corrected chi connectivity index (χ0v) is 15.1. The average Bonchev–Trinajstić information content (AvgIpc) is 3.40. The van der Waals surface area contributed by atoms with Crippen LogP contribution in [0, 0.1) is 11.7 Å². The first-order chi connectivity index (χ1) is 13.1. The van der Waals surface area contributed by atoms with Gasteiger partial charge in [-0.1, -0.05) is 12.1 Å². The van der Waals surface area contributed by atoms with E-state index in [-0.39, 0.29) is 29.6 Å². The number of nitrogens with zero attached hydrogens (tertiary/aromatic N) is 2. The molecule has 2 amide bonds. The van der Waals surface area contributed by atoms with E-state index in [1.807, 2.05) is 4.90 Å². The van der Waals surface area contributed by atoms with Crippen molar-refractivity contribution in [3.05, 3.63) is 59.8 Å². The fourth-order valence-electron chi connectivity index (χ4n) is 4.18. The summed E-state index contributed by atoms with van der Waals surface area (Å²) in [6.45, 7) is 1.86. The fraction of sp³-hybridized carbons (Fsp3) is 0.429. The number of rotatable bonds is 3. The lowest BCUT2D eigenvalue weighted by Crippen LogP contribution is -2.44. The molecule has 6 heteroatoms. The number of hydrogen-bond donors (Lipinski definition) is 0. The van der Waals surface area contributed by atoms with E-state index in [1.54, 1.807) is 29.2 Å². The van der Waals surface area contributed by atoms with E-state index >= 15 is 0 Å². The molecule has 1 aromatic carbocycles. The largest absolute Gasteiger partial charge is 0.459 e. The second kappa shape index (κ2) is 7.55. The lowest BCUT2D eigenvalue weighted by atomic mass is 9.94. The number of carbonyl (C=O) groups excluding carboxylic acids is 2. The van der Waals surface area contributed by atoms with Crippen molar-refractivity contribution in [2.75, 3.05) is 19.6 Å². The number of amides is 2. The highest BCUT2D eigenvalue weighted by molar-refractivity contribution is 5.91. The van der Waals surface area contributed by atoms with Crippen LogP contribution in [-0.2, 0) is 4.79 Å². The zero-order valence-electron chi connectivity index (χ0n) is 15.1. The summed E-state index contributed by atoms with van der Waals surface area (Å²) in [5.41, 5.74) is 0.993. The number of piperidine rings is 1. The summed E-state index contributed by atoms with van der Waals surface area (Å²) in [7, 11) is 0. The predicted octanol–water partition coefficient (Wildman–Crippen LogP) is 3.63. The number of likely N-dealkylation sites (tertiary alicyclic amines) is 2. The van der Waals surface area contributed by atoms with Crippen LogP contribution >= 0.6 is 0 Å². The predicted molar refractivity (Wildman–Crippen MR) is 97.4 cm³/mol. The number of halogens is 1. The van der Waals surface area contributed by atoms with Gasteiger partial charge in [-0.05, 0) is 55.5 Å². The maximum absolute atomic E-state index is 13.2. The topological polar surface area (TPSA) is 53.8 Å². The molecule has 0 bridgehead atoms. The van der Waals surface area contributed by atoms with Crippen molar-refractivity contribution in [1.82, 2.24) is 9.80 Å². The van der Waals surface area contributed by atoms with Crippen molar-refractivity contribution >= 4 is 11.8 Å². The molecule has 1 aromatic heterocycles. The summed E-state index contributed by atoms with van der Waals surface area (Å²) in [5.74, 6) is 0.0637. The lowest BCUT2D eigenvalue weighted by Gasteiger charge is -2.34. The molecule has 3 heterocycles. The fourth-order valence-corrected chi connectivity index (χ4v) is 4.18. The zero-order chi connectivity index (χ0) is 18.8. The van der Waals surface area contributed by atoms with Crippen molar-refractivity contribution < 1.29 is 18.4 Å². The second-order valence-electron chi connectivity index (χ2n) is 7.28. The Morgan fingerprint density at radius 2 is 1.74 bits per heavy atom. The van der Waals surface area contributed by atoms with Crippen LogP contribution in [0.2, 0.25) is 0 Å².